The predicted molar refractivity (Wildman–Crippen MR) is 90.1 cm³/mol. The number of rotatable bonds is 3. The Labute approximate surface area is 147 Å². The molecule has 2 saturated heterocycles. The van der Waals surface area contributed by atoms with Crippen molar-refractivity contribution in [2.45, 2.75) is 37.1 Å². The smallest absolute Gasteiger partial charge is 0.243 e. The number of carbonyl (C=O) groups excluding carboxylic acids is 1. The van der Waals surface area contributed by atoms with Crippen molar-refractivity contribution in [2.75, 3.05) is 32.8 Å². The molecule has 138 valence electrons. The van der Waals surface area contributed by atoms with Gasteiger partial charge < -0.3 is 9.64 Å². The molecule has 0 saturated carbocycles. The molecule has 2 heterocycles. The van der Waals surface area contributed by atoms with Crippen molar-refractivity contribution in [1.82, 2.24) is 9.21 Å². The van der Waals surface area contributed by atoms with Gasteiger partial charge >= 0.3 is 0 Å². The fraction of sp³-hybridized carbons (Fsp3) is 0.588. The van der Waals surface area contributed by atoms with Crippen molar-refractivity contribution in [2.24, 2.45) is 0 Å². The Balaban J connectivity index is 1.90. The molecule has 6 nitrogen and oxygen atoms in total. The van der Waals surface area contributed by atoms with Crippen LogP contribution in [-0.4, -0.2) is 62.4 Å². The number of ether oxygens (including phenoxy) is 1. The van der Waals surface area contributed by atoms with Gasteiger partial charge in [0.25, 0.3) is 0 Å². The summed E-state index contributed by atoms with van der Waals surface area (Å²) >= 11 is 0. The van der Waals surface area contributed by atoms with E-state index in [0.717, 1.165) is 12.5 Å². The van der Waals surface area contributed by atoms with Crippen molar-refractivity contribution < 1.29 is 22.3 Å². The summed E-state index contributed by atoms with van der Waals surface area (Å²) in [6.45, 7) is 3.81. The number of amides is 1. The molecule has 0 N–H and O–H groups in total. The molecule has 1 aromatic carbocycles. The normalized spacial score (nSPS) is 22.8. The average molecular weight is 370 g/mol. The van der Waals surface area contributed by atoms with Crippen LogP contribution in [0.2, 0.25) is 0 Å². The molecule has 2 aliphatic heterocycles. The number of hydrogen-bond acceptors (Lipinski definition) is 4. The minimum absolute atomic E-state index is 0.0910. The van der Waals surface area contributed by atoms with E-state index in [1.165, 1.54) is 16.4 Å². The van der Waals surface area contributed by atoms with Crippen LogP contribution < -0.4 is 0 Å². The topological polar surface area (TPSA) is 66.9 Å². The first-order valence-corrected chi connectivity index (χ1v) is 9.99. The summed E-state index contributed by atoms with van der Waals surface area (Å²) in [6.07, 6.45) is 1.99. The maximum Gasteiger partial charge on any atom is 0.243 e. The van der Waals surface area contributed by atoms with Gasteiger partial charge in [0.15, 0.2) is 0 Å². The van der Waals surface area contributed by atoms with Crippen LogP contribution in [0.3, 0.4) is 0 Å². The van der Waals surface area contributed by atoms with Crippen LogP contribution in [-0.2, 0) is 19.6 Å². The van der Waals surface area contributed by atoms with Crippen molar-refractivity contribution in [3.05, 3.63) is 29.6 Å². The van der Waals surface area contributed by atoms with E-state index in [0.29, 0.717) is 44.7 Å². The maximum absolute atomic E-state index is 13.7. The summed E-state index contributed by atoms with van der Waals surface area (Å²) in [5, 5.41) is 0. The maximum atomic E-state index is 13.7. The highest BCUT2D eigenvalue weighted by molar-refractivity contribution is 7.89. The summed E-state index contributed by atoms with van der Waals surface area (Å²) in [5.41, 5.74) is 0.534. The number of hydrogen-bond donors (Lipinski definition) is 0. The van der Waals surface area contributed by atoms with Crippen LogP contribution in [0.1, 0.15) is 24.8 Å². The van der Waals surface area contributed by atoms with E-state index in [2.05, 4.69) is 0 Å². The van der Waals surface area contributed by atoms with Gasteiger partial charge in [0.05, 0.1) is 18.1 Å². The summed E-state index contributed by atoms with van der Waals surface area (Å²) in [4.78, 5) is 14.4. The molecule has 3 rings (SSSR count). The first-order chi connectivity index (χ1) is 11.9. The van der Waals surface area contributed by atoms with E-state index in [1.807, 2.05) is 0 Å². The lowest BCUT2D eigenvalue weighted by Gasteiger charge is -2.37. The third-order valence-corrected chi connectivity index (χ3v) is 6.57. The van der Waals surface area contributed by atoms with Gasteiger partial charge in [0, 0.05) is 19.6 Å². The highest BCUT2D eigenvalue weighted by atomic mass is 32.2. The number of nitrogens with zero attached hydrogens (tertiary/aromatic N) is 2. The molecule has 0 bridgehead atoms. The molecular formula is C17H23FN2O4S. The number of morpholine rings is 1. The molecule has 0 spiro atoms. The third-order valence-electron chi connectivity index (χ3n) is 4.68. The molecule has 0 radical (unpaired) electrons. The highest BCUT2D eigenvalue weighted by Crippen LogP contribution is 2.27. The molecule has 0 aromatic heterocycles. The molecule has 1 atom stereocenters. The SMILES string of the molecule is Cc1cc(F)cc(S(=O)(=O)N2CCCCC2C(=O)N2CCOCC2)c1. The van der Waals surface area contributed by atoms with E-state index in [9.17, 15) is 17.6 Å². The standard InChI is InChI=1S/C17H23FN2O4S/c1-13-10-14(18)12-15(11-13)25(22,23)20-5-3-2-4-16(20)17(21)19-6-8-24-9-7-19/h10-12,16H,2-9H2,1H3. The van der Waals surface area contributed by atoms with Crippen molar-refractivity contribution in [3.8, 4) is 0 Å². The lowest BCUT2D eigenvalue weighted by atomic mass is 10.0. The zero-order valence-electron chi connectivity index (χ0n) is 14.3. The van der Waals surface area contributed by atoms with Crippen molar-refractivity contribution in [1.29, 1.82) is 0 Å². The van der Waals surface area contributed by atoms with Crippen LogP contribution in [0.5, 0.6) is 0 Å². The Bertz CT molecular complexity index is 727. The van der Waals surface area contributed by atoms with E-state index < -0.39 is 21.9 Å². The summed E-state index contributed by atoms with van der Waals surface area (Å²) in [7, 11) is -3.93. The van der Waals surface area contributed by atoms with Gasteiger partial charge in [-0.25, -0.2) is 12.8 Å². The predicted octanol–water partition coefficient (Wildman–Crippen LogP) is 1.54. The van der Waals surface area contributed by atoms with Gasteiger partial charge in [0.2, 0.25) is 15.9 Å². The second-order valence-corrected chi connectivity index (χ2v) is 8.42. The van der Waals surface area contributed by atoms with E-state index >= 15 is 0 Å². The molecule has 25 heavy (non-hydrogen) atoms. The molecule has 1 aromatic rings. The Kier molecular flexibility index (Phi) is 5.41. The quantitative estimate of drug-likeness (QED) is 0.809. The minimum Gasteiger partial charge on any atom is -0.378 e. The minimum atomic E-state index is -3.93. The third kappa shape index (κ3) is 3.86. The lowest BCUT2D eigenvalue weighted by Crippen LogP contribution is -2.54. The van der Waals surface area contributed by atoms with Gasteiger partial charge in [-0.1, -0.05) is 6.42 Å². The Morgan fingerprint density at radius 3 is 2.56 bits per heavy atom. The number of aryl methyl sites for hydroxylation is 1. The molecule has 8 heteroatoms. The number of sulfonamides is 1. The number of piperidine rings is 1. The molecule has 2 aliphatic rings. The highest BCUT2D eigenvalue weighted by Gasteiger charge is 2.39. The first-order valence-electron chi connectivity index (χ1n) is 8.55. The number of halogens is 1. The van der Waals surface area contributed by atoms with Gasteiger partial charge in [-0.3, -0.25) is 4.79 Å². The summed E-state index contributed by atoms with van der Waals surface area (Å²) in [5.74, 6) is -0.772. The van der Waals surface area contributed by atoms with Gasteiger partial charge in [-0.2, -0.15) is 4.31 Å². The van der Waals surface area contributed by atoms with Crippen LogP contribution in [0, 0.1) is 12.7 Å². The van der Waals surface area contributed by atoms with Crippen LogP contribution in [0.25, 0.3) is 0 Å². The fourth-order valence-electron chi connectivity index (χ4n) is 3.42. The molecule has 1 unspecified atom stereocenters. The van der Waals surface area contributed by atoms with Gasteiger partial charge in [-0.05, 0) is 43.5 Å². The molecule has 0 aliphatic carbocycles. The zero-order valence-corrected chi connectivity index (χ0v) is 15.1. The van der Waals surface area contributed by atoms with Gasteiger partial charge in [-0.15, -0.1) is 0 Å². The molecule has 1 amide bonds. The monoisotopic (exact) mass is 370 g/mol. The Hall–Kier alpha value is -1.51. The van der Waals surface area contributed by atoms with E-state index in [1.54, 1.807) is 11.8 Å². The fourth-order valence-corrected chi connectivity index (χ4v) is 5.19. The van der Waals surface area contributed by atoms with Crippen molar-refractivity contribution >= 4 is 15.9 Å². The first kappa shape index (κ1) is 18.3. The lowest BCUT2D eigenvalue weighted by molar-refractivity contribution is -0.140. The molecular weight excluding hydrogens is 347 g/mol. The van der Waals surface area contributed by atoms with Crippen LogP contribution >= 0.6 is 0 Å². The summed E-state index contributed by atoms with van der Waals surface area (Å²) < 4.78 is 46.3. The van der Waals surface area contributed by atoms with Crippen molar-refractivity contribution in [3.63, 3.8) is 0 Å². The average Bonchev–Trinajstić information content (AvgIpc) is 2.61. The summed E-state index contributed by atoms with van der Waals surface area (Å²) in [6, 6.07) is 3.03. The molecule has 2 fully saturated rings. The zero-order chi connectivity index (χ0) is 18.0. The van der Waals surface area contributed by atoms with E-state index in [-0.39, 0.29) is 17.3 Å². The van der Waals surface area contributed by atoms with Crippen LogP contribution in [0.4, 0.5) is 4.39 Å². The van der Waals surface area contributed by atoms with Gasteiger partial charge in [0.1, 0.15) is 11.9 Å². The Morgan fingerprint density at radius 2 is 1.88 bits per heavy atom. The number of carbonyl (C=O) groups is 1. The second-order valence-electron chi connectivity index (χ2n) is 6.53. The number of benzene rings is 1. The van der Waals surface area contributed by atoms with E-state index in [4.69, 9.17) is 4.74 Å². The second kappa shape index (κ2) is 7.39. The van der Waals surface area contributed by atoms with Crippen LogP contribution in [0.15, 0.2) is 23.1 Å². The Morgan fingerprint density at radius 1 is 1.16 bits per heavy atom. The largest absolute Gasteiger partial charge is 0.378 e.